The van der Waals surface area contributed by atoms with Crippen LogP contribution in [0.3, 0.4) is 0 Å². The molecule has 0 unspecified atom stereocenters. The molecule has 0 spiro atoms. The van der Waals surface area contributed by atoms with Gasteiger partial charge in [0.25, 0.3) is 0 Å². The molecule has 1 aliphatic rings. The minimum absolute atomic E-state index is 0.156. The number of amides is 3. The summed E-state index contributed by atoms with van der Waals surface area (Å²) in [7, 11) is 0. The van der Waals surface area contributed by atoms with Crippen molar-refractivity contribution in [2.45, 2.75) is 52.2 Å². The number of hydrogen-bond donors (Lipinski definition) is 3. The Kier molecular flexibility index (Phi) is 8.74. The van der Waals surface area contributed by atoms with Gasteiger partial charge in [-0.15, -0.1) is 0 Å². The Morgan fingerprint density at radius 1 is 1.43 bits per heavy atom. The van der Waals surface area contributed by atoms with E-state index < -0.39 is 23.6 Å². The SMILES string of the molecule is CCC1=C(NC(=O)[C@H](CNC(=O)OC(C)(C)C)NC=O)CC=CC(C#N)=C1Cl. The minimum atomic E-state index is -1.01. The van der Waals surface area contributed by atoms with Crippen LogP contribution in [0.2, 0.25) is 0 Å². The van der Waals surface area contributed by atoms with Crippen molar-refractivity contribution in [2.75, 3.05) is 6.54 Å². The number of carbonyl (C=O) groups excluding carboxylic acids is 3. The summed E-state index contributed by atoms with van der Waals surface area (Å²) in [6, 6.07) is 1.01. The van der Waals surface area contributed by atoms with Crippen molar-refractivity contribution in [3.8, 4) is 6.07 Å². The Labute approximate surface area is 169 Å². The number of carbonyl (C=O) groups is 3. The van der Waals surface area contributed by atoms with Crippen molar-refractivity contribution in [1.29, 1.82) is 5.26 Å². The summed E-state index contributed by atoms with van der Waals surface area (Å²) in [5, 5.41) is 17.0. The Balaban J connectivity index is 2.92. The number of nitrogens with zero attached hydrogens (tertiary/aromatic N) is 1. The topological polar surface area (TPSA) is 120 Å². The maximum atomic E-state index is 12.6. The highest BCUT2D eigenvalue weighted by Crippen LogP contribution is 2.29. The van der Waals surface area contributed by atoms with E-state index in [0.717, 1.165) is 0 Å². The molecule has 3 amide bonds. The number of halogens is 1. The largest absolute Gasteiger partial charge is 0.444 e. The third kappa shape index (κ3) is 7.08. The molecule has 0 saturated heterocycles. The first-order valence-electron chi connectivity index (χ1n) is 8.79. The molecule has 0 saturated carbocycles. The number of allylic oxidation sites excluding steroid dienone is 5. The van der Waals surface area contributed by atoms with Crippen LogP contribution in [0.1, 0.15) is 40.5 Å². The number of alkyl carbamates (subject to hydrolysis) is 1. The van der Waals surface area contributed by atoms with Gasteiger partial charge in [-0.05, 0) is 38.8 Å². The van der Waals surface area contributed by atoms with Gasteiger partial charge < -0.3 is 20.7 Å². The molecular weight excluding hydrogens is 384 g/mol. The molecule has 0 fully saturated rings. The highest BCUT2D eigenvalue weighted by Gasteiger charge is 2.23. The lowest BCUT2D eigenvalue weighted by molar-refractivity contribution is -0.124. The smallest absolute Gasteiger partial charge is 0.407 e. The highest BCUT2D eigenvalue weighted by atomic mass is 35.5. The fourth-order valence-electron chi connectivity index (χ4n) is 2.41. The maximum Gasteiger partial charge on any atom is 0.407 e. The van der Waals surface area contributed by atoms with E-state index in [4.69, 9.17) is 16.3 Å². The van der Waals surface area contributed by atoms with Crippen LogP contribution in [0.4, 0.5) is 4.79 Å². The van der Waals surface area contributed by atoms with Crippen molar-refractivity contribution >= 4 is 30.0 Å². The molecule has 0 heterocycles. The molecule has 28 heavy (non-hydrogen) atoms. The average Bonchev–Trinajstić information content (AvgIpc) is 2.75. The summed E-state index contributed by atoms with van der Waals surface area (Å²) in [4.78, 5) is 35.3. The molecule has 1 atom stereocenters. The molecule has 0 aromatic heterocycles. The Bertz CT molecular complexity index is 757. The number of hydrogen-bond acceptors (Lipinski definition) is 5. The number of nitriles is 1. The van der Waals surface area contributed by atoms with E-state index in [2.05, 4.69) is 16.0 Å². The van der Waals surface area contributed by atoms with Gasteiger partial charge >= 0.3 is 6.09 Å². The molecule has 0 bridgehead atoms. The van der Waals surface area contributed by atoms with Gasteiger partial charge in [-0.3, -0.25) is 9.59 Å². The van der Waals surface area contributed by atoms with Gasteiger partial charge in [0.2, 0.25) is 12.3 Å². The summed E-state index contributed by atoms with van der Waals surface area (Å²) >= 11 is 6.29. The Morgan fingerprint density at radius 2 is 2.11 bits per heavy atom. The molecule has 0 aromatic carbocycles. The molecule has 1 rings (SSSR count). The number of nitrogens with one attached hydrogen (secondary N) is 3. The lowest BCUT2D eigenvalue weighted by atomic mass is 10.1. The van der Waals surface area contributed by atoms with Gasteiger partial charge in [0.05, 0.1) is 17.2 Å². The summed E-state index contributed by atoms with van der Waals surface area (Å²) in [6.07, 6.45) is 3.87. The molecular formula is C19H25ClN4O4. The highest BCUT2D eigenvalue weighted by molar-refractivity contribution is 6.33. The van der Waals surface area contributed by atoms with Gasteiger partial charge in [0, 0.05) is 12.1 Å². The molecule has 3 N–H and O–H groups in total. The lowest BCUT2D eigenvalue weighted by Crippen LogP contribution is -2.50. The van der Waals surface area contributed by atoms with Crippen LogP contribution >= 0.6 is 11.6 Å². The van der Waals surface area contributed by atoms with Crippen LogP contribution in [0.25, 0.3) is 0 Å². The first-order valence-corrected chi connectivity index (χ1v) is 9.17. The van der Waals surface area contributed by atoms with Crippen LogP contribution in [-0.2, 0) is 14.3 Å². The number of ether oxygens (including phenoxy) is 1. The Hall–Kier alpha value is -2.79. The van der Waals surface area contributed by atoms with Crippen molar-refractivity contribution < 1.29 is 19.1 Å². The Morgan fingerprint density at radius 3 is 2.64 bits per heavy atom. The van der Waals surface area contributed by atoms with Crippen molar-refractivity contribution in [2.24, 2.45) is 0 Å². The third-order valence-electron chi connectivity index (χ3n) is 3.66. The molecule has 0 aromatic rings. The molecule has 152 valence electrons. The van der Waals surface area contributed by atoms with Gasteiger partial charge in [-0.1, -0.05) is 24.6 Å². The minimum Gasteiger partial charge on any atom is -0.444 e. The van der Waals surface area contributed by atoms with E-state index in [9.17, 15) is 19.6 Å². The van der Waals surface area contributed by atoms with Gasteiger partial charge in [-0.2, -0.15) is 5.26 Å². The summed E-state index contributed by atoms with van der Waals surface area (Å²) in [5.74, 6) is -0.526. The second-order valence-electron chi connectivity index (χ2n) is 6.97. The first-order chi connectivity index (χ1) is 13.1. The average molecular weight is 409 g/mol. The van der Waals surface area contributed by atoms with Crippen LogP contribution in [0.15, 0.2) is 34.0 Å². The third-order valence-corrected chi connectivity index (χ3v) is 4.09. The predicted molar refractivity (Wildman–Crippen MR) is 105 cm³/mol. The zero-order chi connectivity index (χ0) is 21.3. The zero-order valence-corrected chi connectivity index (χ0v) is 17.1. The van der Waals surface area contributed by atoms with Crippen LogP contribution in [-0.4, -0.2) is 36.6 Å². The van der Waals surface area contributed by atoms with Crippen LogP contribution < -0.4 is 16.0 Å². The van der Waals surface area contributed by atoms with Gasteiger partial charge in [0.15, 0.2) is 0 Å². The fourth-order valence-corrected chi connectivity index (χ4v) is 2.77. The van der Waals surface area contributed by atoms with Crippen molar-refractivity contribution in [1.82, 2.24) is 16.0 Å². The van der Waals surface area contributed by atoms with Crippen molar-refractivity contribution in [3.05, 3.63) is 34.0 Å². The van der Waals surface area contributed by atoms with E-state index in [1.165, 1.54) is 0 Å². The van der Waals surface area contributed by atoms with E-state index in [-0.39, 0.29) is 11.6 Å². The second kappa shape index (κ2) is 10.5. The predicted octanol–water partition coefficient (Wildman–Crippen LogP) is 2.38. The van der Waals surface area contributed by atoms with Gasteiger partial charge in [0.1, 0.15) is 17.7 Å². The molecule has 9 heteroatoms. The van der Waals surface area contributed by atoms with E-state index in [0.29, 0.717) is 36.1 Å². The van der Waals surface area contributed by atoms with E-state index in [1.54, 1.807) is 32.9 Å². The zero-order valence-electron chi connectivity index (χ0n) is 16.4. The monoisotopic (exact) mass is 408 g/mol. The van der Waals surface area contributed by atoms with E-state index >= 15 is 0 Å². The van der Waals surface area contributed by atoms with Crippen molar-refractivity contribution in [3.63, 3.8) is 0 Å². The van der Waals surface area contributed by atoms with Crippen LogP contribution in [0.5, 0.6) is 0 Å². The molecule has 0 aliphatic heterocycles. The summed E-state index contributed by atoms with van der Waals surface area (Å²) in [6.45, 7) is 6.84. The second-order valence-corrected chi connectivity index (χ2v) is 7.34. The van der Waals surface area contributed by atoms with E-state index in [1.807, 2.05) is 13.0 Å². The number of rotatable bonds is 7. The maximum absolute atomic E-state index is 12.6. The standard InChI is InChI=1S/C19H25ClN4O4/c1-5-13-14(8-6-7-12(9-21)16(13)20)24-17(26)15(23-11-25)10-22-18(27)28-19(2,3)4/h6-7,11,15H,5,8,10H2,1-4H3,(H,22,27)(H,23,25)(H,24,26)/t15-/m0/s1. The van der Waals surface area contributed by atoms with Gasteiger partial charge in [-0.25, -0.2) is 4.79 Å². The first kappa shape index (κ1) is 23.2. The fraction of sp³-hybridized carbons (Fsp3) is 0.474. The lowest BCUT2D eigenvalue weighted by Gasteiger charge is -2.22. The van der Waals surface area contributed by atoms with Crippen LogP contribution in [0, 0.1) is 11.3 Å². The molecule has 1 aliphatic carbocycles. The quantitative estimate of drug-likeness (QED) is 0.558. The normalized spacial score (nSPS) is 15.3. The molecule has 8 nitrogen and oxygen atoms in total. The molecule has 0 radical (unpaired) electrons. The summed E-state index contributed by atoms with van der Waals surface area (Å²) in [5.41, 5.74) is 0.807. The summed E-state index contributed by atoms with van der Waals surface area (Å²) < 4.78 is 5.11.